The van der Waals surface area contributed by atoms with E-state index in [1.54, 1.807) is 36.4 Å². The Bertz CT molecular complexity index is 1860. The minimum Gasteiger partial charge on any atom is -0.488 e. The Morgan fingerprint density at radius 2 is 1.74 bits per heavy atom. The van der Waals surface area contributed by atoms with E-state index in [9.17, 15) is 22.8 Å². The van der Waals surface area contributed by atoms with Gasteiger partial charge in [-0.05, 0) is 42.8 Å². The van der Waals surface area contributed by atoms with Crippen molar-refractivity contribution in [2.24, 2.45) is 4.99 Å². The molecular formula is C30H21Cl2F3N2O4S. The highest BCUT2D eigenvalue weighted by Crippen LogP contribution is 2.38. The summed E-state index contributed by atoms with van der Waals surface area (Å²) in [4.78, 5) is 30.3. The molecule has 216 valence electrons. The van der Waals surface area contributed by atoms with Gasteiger partial charge in [0.1, 0.15) is 12.4 Å². The van der Waals surface area contributed by atoms with Crippen molar-refractivity contribution in [2.75, 3.05) is 6.61 Å². The molecule has 0 saturated carbocycles. The molecule has 5 rings (SSSR count). The number of carbonyl (C=O) groups excluding carboxylic acids is 1. The Morgan fingerprint density at radius 3 is 2.43 bits per heavy atom. The highest BCUT2D eigenvalue weighted by molar-refractivity contribution is 7.07. The summed E-state index contributed by atoms with van der Waals surface area (Å²) in [5, 5.41) is 0.862. The van der Waals surface area contributed by atoms with Crippen molar-refractivity contribution in [3.05, 3.63) is 130 Å². The van der Waals surface area contributed by atoms with Crippen LogP contribution in [0.15, 0.2) is 93.9 Å². The number of nitrogens with zero attached hydrogens (tertiary/aromatic N) is 2. The number of hydrogen-bond donors (Lipinski definition) is 0. The van der Waals surface area contributed by atoms with Gasteiger partial charge in [-0.3, -0.25) is 9.36 Å². The number of thiazole rings is 1. The third kappa shape index (κ3) is 6.01. The number of allylic oxidation sites excluding steroid dienone is 1. The minimum absolute atomic E-state index is 0.0909. The maximum atomic E-state index is 14.3. The number of ether oxygens (including phenoxy) is 2. The third-order valence-corrected chi connectivity index (χ3v) is 7.93. The van der Waals surface area contributed by atoms with Crippen LogP contribution < -0.4 is 19.6 Å². The van der Waals surface area contributed by atoms with Gasteiger partial charge in [0.2, 0.25) is 0 Å². The van der Waals surface area contributed by atoms with E-state index in [-0.39, 0.29) is 28.1 Å². The van der Waals surface area contributed by atoms with Gasteiger partial charge < -0.3 is 9.47 Å². The number of rotatable bonds is 7. The Labute approximate surface area is 251 Å². The fourth-order valence-electron chi connectivity index (χ4n) is 4.44. The van der Waals surface area contributed by atoms with E-state index < -0.39 is 35.0 Å². The Kier molecular flexibility index (Phi) is 8.58. The Balaban J connectivity index is 1.67. The molecule has 42 heavy (non-hydrogen) atoms. The number of alkyl halides is 3. The third-order valence-electron chi connectivity index (χ3n) is 6.33. The van der Waals surface area contributed by atoms with E-state index in [0.717, 1.165) is 21.5 Å². The summed E-state index contributed by atoms with van der Waals surface area (Å²) in [6, 6.07) is 18.5. The summed E-state index contributed by atoms with van der Waals surface area (Å²) in [5.41, 5.74) is -1.34. The zero-order valence-electron chi connectivity index (χ0n) is 21.8. The van der Waals surface area contributed by atoms with Crippen LogP contribution >= 0.6 is 34.5 Å². The molecule has 0 amide bonds. The minimum atomic E-state index is -5.00. The van der Waals surface area contributed by atoms with Crippen molar-refractivity contribution in [2.45, 2.75) is 25.7 Å². The predicted molar refractivity (Wildman–Crippen MR) is 154 cm³/mol. The van der Waals surface area contributed by atoms with Gasteiger partial charge in [0.15, 0.2) is 10.5 Å². The van der Waals surface area contributed by atoms with Crippen LogP contribution in [0.5, 0.6) is 5.75 Å². The van der Waals surface area contributed by atoms with E-state index in [4.69, 9.17) is 32.7 Å². The summed E-state index contributed by atoms with van der Waals surface area (Å²) in [6.07, 6.45) is -3.48. The number of aromatic nitrogens is 1. The van der Waals surface area contributed by atoms with Crippen LogP contribution in [0, 0.1) is 0 Å². The molecule has 0 aliphatic carbocycles. The van der Waals surface area contributed by atoms with Crippen LogP contribution in [0.1, 0.15) is 29.7 Å². The van der Waals surface area contributed by atoms with Gasteiger partial charge in [-0.1, -0.05) is 83.1 Å². The lowest BCUT2D eigenvalue weighted by atomic mass is 9.95. The molecule has 1 aliphatic heterocycles. The second-order valence-electron chi connectivity index (χ2n) is 9.03. The first-order valence-corrected chi connectivity index (χ1v) is 14.2. The van der Waals surface area contributed by atoms with Crippen molar-refractivity contribution >= 4 is 46.6 Å². The van der Waals surface area contributed by atoms with Crippen LogP contribution in [0.4, 0.5) is 13.2 Å². The van der Waals surface area contributed by atoms with Crippen molar-refractivity contribution in [1.29, 1.82) is 0 Å². The smallest absolute Gasteiger partial charge is 0.434 e. The second-order valence-corrected chi connectivity index (χ2v) is 10.9. The van der Waals surface area contributed by atoms with Crippen LogP contribution in [0.3, 0.4) is 0 Å². The zero-order valence-corrected chi connectivity index (χ0v) is 24.2. The van der Waals surface area contributed by atoms with Gasteiger partial charge in [0, 0.05) is 21.2 Å². The molecule has 0 spiro atoms. The molecule has 0 saturated heterocycles. The first kappa shape index (κ1) is 29.6. The molecule has 1 aliphatic rings. The second kappa shape index (κ2) is 12.2. The number of carbonyl (C=O) groups is 1. The standard InChI is InChI=1S/C30H21Cl2F3N2O4S/c1-2-40-28(39)24-25(17-11-13-20(31)14-12-17)37-27(38)23(42-29(37)36-26(24)30(33,34)35)15-18-7-4-6-10-22(18)41-16-19-8-3-5-9-21(19)32/h3-15,25H,2,16H2,1H3/b23-15+/t25-/m0/s1. The van der Waals surface area contributed by atoms with Crippen LogP contribution in [-0.2, 0) is 16.1 Å². The van der Waals surface area contributed by atoms with E-state index in [1.807, 2.05) is 12.1 Å². The SMILES string of the molecule is CCOC(=O)C1=C(C(F)(F)F)N=c2s/c(=C/c3ccccc3OCc3ccccc3Cl)c(=O)n2[C@H]1c1ccc(Cl)cc1. The Morgan fingerprint density at radius 1 is 1.05 bits per heavy atom. The number of halogens is 5. The first-order valence-electron chi connectivity index (χ1n) is 12.6. The molecule has 3 aromatic carbocycles. The van der Waals surface area contributed by atoms with Gasteiger partial charge >= 0.3 is 12.1 Å². The molecule has 0 bridgehead atoms. The predicted octanol–water partition coefficient (Wildman–Crippen LogP) is 6.23. The quantitative estimate of drug-likeness (QED) is 0.227. The molecule has 0 N–H and O–H groups in total. The molecular weight excluding hydrogens is 612 g/mol. The summed E-state index contributed by atoms with van der Waals surface area (Å²) in [7, 11) is 0. The molecule has 1 aromatic heterocycles. The van der Waals surface area contributed by atoms with E-state index in [0.29, 0.717) is 21.4 Å². The summed E-state index contributed by atoms with van der Waals surface area (Å²) in [5.74, 6) is -0.790. The molecule has 1 atom stereocenters. The normalized spacial score (nSPS) is 15.3. The first-order chi connectivity index (χ1) is 20.1. The van der Waals surface area contributed by atoms with Crippen LogP contribution in [0.2, 0.25) is 10.0 Å². The summed E-state index contributed by atoms with van der Waals surface area (Å²) >= 11 is 13.0. The highest BCUT2D eigenvalue weighted by Gasteiger charge is 2.45. The fraction of sp³-hybridized carbons (Fsp3) is 0.167. The van der Waals surface area contributed by atoms with Crippen molar-refractivity contribution in [1.82, 2.24) is 4.57 Å². The van der Waals surface area contributed by atoms with Gasteiger partial charge in [-0.15, -0.1) is 0 Å². The molecule has 0 fully saturated rings. The van der Waals surface area contributed by atoms with Gasteiger partial charge in [-0.25, -0.2) is 9.79 Å². The maximum absolute atomic E-state index is 14.3. The van der Waals surface area contributed by atoms with Crippen molar-refractivity contribution in [3.8, 4) is 5.75 Å². The lowest BCUT2D eigenvalue weighted by molar-refractivity contribution is -0.140. The van der Waals surface area contributed by atoms with E-state index in [2.05, 4.69) is 4.99 Å². The Hall–Kier alpha value is -3.86. The number of esters is 1. The van der Waals surface area contributed by atoms with E-state index >= 15 is 0 Å². The van der Waals surface area contributed by atoms with Crippen molar-refractivity contribution in [3.63, 3.8) is 0 Å². The van der Waals surface area contributed by atoms with Gasteiger partial charge in [0.05, 0.1) is 22.8 Å². The molecule has 0 radical (unpaired) electrons. The van der Waals surface area contributed by atoms with Crippen molar-refractivity contribution < 1.29 is 27.4 Å². The topological polar surface area (TPSA) is 69.9 Å². The molecule has 12 heteroatoms. The largest absolute Gasteiger partial charge is 0.488 e. The highest BCUT2D eigenvalue weighted by atomic mass is 35.5. The number of hydrogen-bond acceptors (Lipinski definition) is 6. The van der Waals surface area contributed by atoms with Crippen LogP contribution in [0.25, 0.3) is 6.08 Å². The molecule has 0 unspecified atom stereocenters. The fourth-order valence-corrected chi connectivity index (χ4v) is 5.75. The number of benzene rings is 3. The van der Waals surface area contributed by atoms with E-state index in [1.165, 1.54) is 37.3 Å². The zero-order chi connectivity index (χ0) is 30.0. The maximum Gasteiger partial charge on any atom is 0.434 e. The average molecular weight is 633 g/mol. The lowest BCUT2D eigenvalue weighted by Crippen LogP contribution is -2.41. The molecule has 4 aromatic rings. The van der Waals surface area contributed by atoms with Gasteiger partial charge in [0.25, 0.3) is 5.56 Å². The average Bonchev–Trinajstić information content (AvgIpc) is 3.27. The summed E-state index contributed by atoms with van der Waals surface area (Å²) < 4.78 is 55.1. The van der Waals surface area contributed by atoms with Crippen LogP contribution in [-0.4, -0.2) is 23.3 Å². The monoisotopic (exact) mass is 632 g/mol. The lowest BCUT2D eigenvalue weighted by Gasteiger charge is -2.26. The number of para-hydroxylation sites is 1. The molecule has 2 heterocycles. The molecule has 6 nitrogen and oxygen atoms in total. The number of fused-ring (bicyclic) bond motifs is 1. The van der Waals surface area contributed by atoms with Gasteiger partial charge in [-0.2, -0.15) is 13.2 Å². The summed E-state index contributed by atoms with van der Waals surface area (Å²) in [6.45, 7) is 1.46.